The van der Waals surface area contributed by atoms with Crippen molar-refractivity contribution in [2.45, 2.75) is 18.9 Å². The Morgan fingerprint density at radius 3 is 3.05 bits per heavy atom. The molecule has 100 valence electrons. The molecule has 19 heavy (non-hydrogen) atoms. The Morgan fingerprint density at radius 1 is 1.42 bits per heavy atom. The van der Waals surface area contributed by atoms with Gasteiger partial charge < -0.3 is 9.64 Å². The molecule has 2 aromatic rings. The third-order valence-corrected chi connectivity index (χ3v) is 3.72. The minimum Gasteiger partial charge on any atom is -0.375 e. The van der Waals surface area contributed by atoms with Crippen LogP contribution in [0.15, 0.2) is 30.3 Å². The van der Waals surface area contributed by atoms with Crippen LogP contribution in [0.4, 0.5) is 5.82 Å². The molecule has 1 aliphatic heterocycles. The number of rotatable bonds is 2. The molecule has 0 spiro atoms. The fourth-order valence-corrected chi connectivity index (χ4v) is 2.69. The predicted molar refractivity (Wildman–Crippen MR) is 78.9 cm³/mol. The average Bonchev–Trinajstić information content (AvgIpc) is 2.46. The van der Waals surface area contributed by atoms with Gasteiger partial charge in [0, 0.05) is 18.5 Å². The SMILES string of the molecule is CC1CN(c2nc(CCl)cc3ccccc23)CCO1. The van der Waals surface area contributed by atoms with E-state index in [1.807, 2.05) is 6.07 Å². The molecule has 0 N–H and O–H groups in total. The molecule has 4 heteroatoms. The van der Waals surface area contributed by atoms with E-state index in [4.69, 9.17) is 21.3 Å². The van der Waals surface area contributed by atoms with Gasteiger partial charge in [-0.1, -0.05) is 24.3 Å². The summed E-state index contributed by atoms with van der Waals surface area (Å²) in [6, 6.07) is 10.4. The van der Waals surface area contributed by atoms with Crippen LogP contribution in [0, 0.1) is 0 Å². The topological polar surface area (TPSA) is 25.4 Å². The van der Waals surface area contributed by atoms with Gasteiger partial charge in [-0.25, -0.2) is 4.98 Å². The second-order valence-electron chi connectivity index (χ2n) is 4.92. The Kier molecular flexibility index (Phi) is 3.58. The van der Waals surface area contributed by atoms with Crippen molar-refractivity contribution in [1.29, 1.82) is 0 Å². The molecule has 1 saturated heterocycles. The van der Waals surface area contributed by atoms with Crippen LogP contribution >= 0.6 is 11.6 Å². The standard InChI is InChI=1S/C15H17ClN2O/c1-11-10-18(6-7-19-11)15-14-5-3-2-4-12(14)8-13(9-16)17-15/h2-5,8,11H,6-7,9-10H2,1H3. The van der Waals surface area contributed by atoms with Crippen LogP contribution in [0.2, 0.25) is 0 Å². The minimum atomic E-state index is 0.244. The van der Waals surface area contributed by atoms with Gasteiger partial charge in [0.1, 0.15) is 5.82 Å². The number of pyridine rings is 1. The first kappa shape index (κ1) is 12.7. The summed E-state index contributed by atoms with van der Waals surface area (Å²) < 4.78 is 5.60. The summed E-state index contributed by atoms with van der Waals surface area (Å²) in [6.45, 7) is 4.61. The number of aromatic nitrogens is 1. The number of hydrogen-bond donors (Lipinski definition) is 0. The molecule has 3 nitrogen and oxygen atoms in total. The maximum Gasteiger partial charge on any atom is 0.136 e. The van der Waals surface area contributed by atoms with Gasteiger partial charge in [0.05, 0.1) is 24.3 Å². The summed E-state index contributed by atoms with van der Waals surface area (Å²) in [5.74, 6) is 1.47. The van der Waals surface area contributed by atoms with Crippen LogP contribution in [0.3, 0.4) is 0 Å². The van der Waals surface area contributed by atoms with Gasteiger partial charge in [0.2, 0.25) is 0 Å². The van der Waals surface area contributed by atoms with Crippen molar-refractivity contribution in [1.82, 2.24) is 4.98 Å². The number of nitrogens with zero attached hydrogens (tertiary/aromatic N) is 2. The molecule has 1 aliphatic rings. The van der Waals surface area contributed by atoms with Gasteiger partial charge >= 0.3 is 0 Å². The summed E-state index contributed by atoms with van der Waals surface area (Å²) in [5, 5.41) is 2.38. The van der Waals surface area contributed by atoms with Crippen molar-refractivity contribution in [3.05, 3.63) is 36.0 Å². The fraction of sp³-hybridized carbons (Fsp3) is 0.400. The Labute approximate surface area is 118 Å². The van der Waals surface area contributed by atoms with E-state index in [1.54, 1.807) is 0 Å². The van der Waals surface area contributed by atoms with Crippen molar-refractivity contribution >= 4 is 28.2 Å². The van der Waals surface area contributed by atoms with E-state index in [0.29, 0.717) is 5.88 Å². The number of morpholine rings is 1. The smallest absolute Gasteiger partial charge is 0.136 e. The van der Waals surface area contributed by atoms with Crippen LogP contribution < -0.4 is 4.90 Å². The van der Waals surface area contributed by atoms with E-state index in [-0.39, 0.29) is 6.10 Å². The van der Waals surface area contributed by atoms with Gasteiger partial charge in [-0.15, -0.1) is 11.6 Å². The zero-order valence-corrected chi connectivity index (χ0v) is 11.7. The van der Waals surface area contributed by atoms with Crippen molar-refractivity contribution in [2.75, 3.05) is 24.6 Å². The van der Waals surface area contributed by atoms with Crippen LogP contribution in [-0.4, -0.2) is 30.8 Å². The van der Waals surface area contributed by atoms with Crippen LogP contribution in [0.1, 0.15) is 12.6 Å². The highest BCUT2D eigenvalue weighted by atomic mass is 35.5. The average molecular weight is 277 g/mol. The van der Waals surface area contributed by atoms with E-state index >= 15 is 0 Å². The zero-order chi connectivity index (χ0) is 13.2. The molecule has 1 unspecified atom stereocenters. The summed E-state index contributed by atoms with van der Waals surface area (Å²) in [7, 11) is 0. The van der Waals surface area contributed by atoms with Gasteiger partial charge in [-0.2, -0.15) is 0 Å². The minimum absolute atomic E-state index is 0.244. The summed E-state index contributed by atoms with van der Waals surface area (Å²) >= 11 is 5.96. The Balaban J connectivity index is 2.10. The first-order valence-corrected chi connectivity index (χ1v) is 7.12. The van der Waals surface area contributed by atoms with E-state index in [9.17, 15) is 0 Å². The highest BCUT2D eigenvalue weighted by molar-refractivity contribution is 6.17. The fourth-order valence-electron chi connectivity index (χ4n) is 2.55. The summed E-state index contributed by atoms with van der Waals surface area (Å²) in [6.07, 6.45) is 0.244. The first-order valence-electron chi connectivity index (χ1n) is 6.59. The Bertz CT molecular complexity index is 587. The lowest BCUT2D eigenvalue weighted by atomic mass is 10.1. The van der Waals surface area contributed by atoms with E-state index in [0.717, 1.165) is 31.2 Å². The Morgan fingerprint density at radius 2 is 2.26 bits per heavy atom. The maximum absolute atomic E-state index is 5.96. The maximum atomic E-state index is 5.96. The van der Waals surface area contributed by atoms with Crippen LogP contribution in [0.25, 0.3) is 10.8 Å². The monoisotopic (exact) mass is 276 g/mol. The third kappa shape index (κ3) is 2.53. The summed E-state index contributed by atoms with van der Waals surface area (Å²) in [4.78, 5) is 7.01. The molecular weight excluding hydrogens is 260 g/mol. The molecule has 0 amide bonds. The van der Waals surface area contributed by atoms with Crippen molar-refractivity contribution in [3.8, 4) is 0 Å². The lowest BCUT2D eigenvalue weighted by Gasteiger charge is -2.33. The van der Waals surface area contributed by atoms with Crippen LogP contribution in [0.5, 0.6) is 0 Å². The third-order valence-electron chi connectivity index (χ3n) is 3.45. The van der Waals surface area contributed by atoms with Gasteiger partial charge in [0.15, 0.2) is 0 Å². The molecule has 0 aliphatic carbocycles. The van der Waals surface area contributed by atoms with Gasteiger partial charge in [0.25, 0.3) is 0 Å². The van der Waals surface area contributed by atoms with E-state index < -0.39 is 0 Å². The number of halogens is 1. The van der Waals surface area contributed by atoms with Crippen molar-refractivity contribution in [2.24, 2.45) is 0 Å². The summed E-state index contributed by atoms with van der Waals surface area (Å²) in [5.41, 5.74) is 0.925. The molecule has 2 heterocycles. The predicted octanol–water partition coefficient (Wildman–Crippen LogP) is 3.20. The largest absolute Gasteiger partial charge is 0.375 e. The molecule has 1 aromatic heterocycles. The van der Waals surface area contributed by atoms with Crippen molar-refractivity contribution < 1.29 is 4.74 Å². The van der Waals surface area contributed by atoms with Gasteiger partial charge in [-0.05, 0) is 18.4 Å². The number of hydrogen-bond acceptors (Lipinski definition) is 3. The number of fused-ring (bicyclic) bond motifs is 1. The molecule has 3 rings (SSSR count). The van der Waals surface area contributed by atoms with E-state index in [1.165, 1.54) is 10.8 Å². The first-order chi connectivity index (χ1) is 9.28. The number of benzene rings is 1. The Hall–Kier alpha value is -1.32. The van der Waals surface area contributed by atoms with Crippen LogP contribution in [-0.2, 0) is 10.6 Å². The normalized spacial score (nSPS) is 19.9. The quantitative estimate of drug-likeness (QED) is 0.788. The molecular formula is C15H17ClN2O. The molecule has 1 fully saturated rings. The second kappa shape index (κ2) is 5.35. The zero-order valence-electron chi connectivity index (χ0n) is 11.0. The van der Waals surface area contributed by atoms with E-state index in [2.05, 4.69) is 36.1 Å². The number of anilines is 1. The molecule has 0 saturated carbocycles. The molecule has 1 aromatic carbocycles. The number of ether oxygens (including phenoxy) is 1. The highest BCUT2D eigenvalue weighted by Crippen LogP contribution is 2.27. The molecule has 1 atom stereocenters. The molecule has 0 bridgehead atoms. The molecule has 0 radical (unpaired) electrons. The second-order valence-corrected chi connectivity index (χ2v) is 5.19. The number of alkyl halides is 1. The van der Waals surface area contributed by atoms with Crippen molar-refractivity contribution in [3.63, 3.8) is 0 Å². The lowest BCUT2D eigenvalue weighted by molar-refractivity contribution is 0.0530. The highest BCUT2D eigenvalue weighted by Gasteiger charge is 2.20. The van der Waals surface area contributed by atoms with Gasteiger partial charge in [-0.3, -0.25) is 0 Å². The lowest BCUT2D eigenvalue weighted by Crippen LogP contribution is -2.41.